The van der Waals surface area contributed by atoms with Gasteiger partial charge in [0.2, 0.25) is 5.16 Å². The Kier molecular flexibility index (Phi) is 3.14. The highest BCUT2D eigenvalue weighted by molar-refractivity contribution is 7.99. The highest BCUT2D eigenvalue weighted by atomic mass is 32.2. The molecule has 4 nitrogen and oxygen atoms in total. The van der Waals surface area contributed by atoms with Crippen LogP contribution in [0.2, 0.25) is 0 Å². The molecule has 1 unspecified atom stereocenters. The zero-order valence-corrected chi connectivity index (χ0v) is 10.9. The summed E-state index contributed by atoms with van der Waals surface area (Å²) in [6.45, 7) is 8.35. The molecule has 2 aromatic rings. The van der Waals surface area contributed by atoms with Gasteiger partial charge in [0.25, 0.3) is 5.78 Å². The molecule has 0 aliphatic rings. The third kappa shape index (κ3) is 2.19. The van der Waals surface area contributed by atoms with E-state index in [1.807, 2.05) is 19.9 Å². The largest absolute Gasteiger partial charge is 0.253 e. The summed E-state index contributed by atoms with van der Waals surface area (Å²) in [5, 5.41) is 5.80. The van der Waals surface area contributed by atoms with Gasteiger partial charge >= 0.3 is 0 Å². The summed E-state index contributed by atoms with van der Waals surface area (Å²) in [7, 11) is 0. The SMILES string of the molecule is CCC(C)Sc1nc2nc(C)cc(C)n2n1. The van der Waals surface area contributed by atoms with Gasteiger partial charge < -0.3 is 0 Å². The highest BCUT2D eigenvalue weighted by Crippen LogP contribution is 2.22. The Morgan fingerprint density at radius 1 is 1.38 bits per heavy atom. The first kappa shape index (κ1) is 11.4. The zero-order chi connectivity index (χ0) is 11.7. The number of aryl methyl sites for hydroxylation is 2. The van der Waals surface area contributed by atoms with Crippen molar-refractivity contribution in [3.63, 3.8) is 0 Å². The lowest BCUT2D eigenvalue weighted by Gasteiger charge is -2.02. The molecule has 0 radical (unpaired) electrons. The number of thioether (sulfide) groups is 1. The molecule has 2 rings (SSSR count). The standard InChI is InChI=1S/C11H16N4S/c1-5-9(4)16-11-13-10-12-7(2)6-8(3)15(10)14-11/h6,9H,5H2,1-4H3. The van der Waals surface area contributed by atoms with Crippen LogP contribution in [0.3, 0.4) is 0 Å². The van der Waals surface area contributed by atoms with Crippen molar-refractivity contribution >= 4 is 17.5 Å². The average Bonchev–Trinajstić information content (AvgIpc) is 2.60. The van der Waals surface area contributed by atoms with Crippen LogP contribution in [0, 0.1) is 13.8 Å². The molecule has 0 bridgehead atoms. The minimum Gasteiger partial charge on any atom is -0.216 e. The van der Waals surface area contributed by atoms with Crippen molar-refractivity contribution in [1.29, 1.82) is 0 Å². The maximum Gasteiger partial charge on any atom is 0.253 e. The number of hydrogen-bond acceptors (Lipinski definition) is 4. The third-order valence-electron chi connectivity index (χ3n) is 2.48. The van der Waals surface area contributed by atoms with Gasteiger partial charge in [0.1, 0.15) is 0 Å². The number of hydrogen-bond donors (Lipinski definition) is 0. The van der Waals surface area contributed by atoms with Crippen molar-refractivity contribution in [3.05, 3.63) is 17.5 Å². The smallest absolute Gasteiger partial charge is 0.216 e. The lowest BCUT2D eigenvalue weighted by Crippen LogP contribution is -1.97. The van der Waals surface area contributed by atoms with Gasteiger partial charge in [0.15, 0.2) is 0 Å². The fourth-order valence-corrected chi connectivity index (χ4v) is 2.25. The van der Waals surface area contributed by atoms with Crippen LogP contribution in [0.25, 0.3) is 5.78 Å². The van der Waals surface area contributed by atoms with E-state index in [1.54, 1.807) is 16.3 Å². The topological polar surface area (TPSA) is 43.1 Å². The van der Waals surface area contributed by atoms with Crippen LogP contribution in [0.5, 0.6) is 0 Å². The first-order chi connectivity index (χ1) is 7.60. The zero-order valence-electron chi connectivity index (χ0n) is 10.1. The summed E-state index contributed by atoms with van der Waals surface area (Å²) in [6.07, 6.45) is 1.12. The molecule has 0 fully saturated rings. The Balaban J connectivity index is 2.40. The molecule has 86 valence electrons. The van der Waals surface area contributed by atoms with Gasteiger partial charge in [-0.05, 0) is 26.3 Å². The number of rotatable bonds is 3. The Labute approximate surface area is 99.5 Å². The number of fused-ring (bicyclic) bond motifs is 1. The molecule has 5 heteroatoms. The summed E-state index contributed by atoms with van der Waals surface area (Å²) < 4.78 is 1.80. The van der Waals surface area contributed by atoms with Gasteiger partial charge in [0.05, 0.1) is 0 Å². The van der Waals surface area contributed by atoms with Crippen molar-refractivity contribution in [3.8, 4) is 0 Å². The molecule has 16 heavy (non-hydrogen) atoms. The quantitative estimate of drug-likeness (QED) is 0.768. The monoisotopic (exact) mass is 236 g/mol. The summed E-state index contributed by atoms with van der Waals surface area (Å²) in [6, 6.07) is 2.01. The molecule has 2 aromatic heterocycles. The summed E-state index contributed by atoms with van der Waals surface area (Å²) in [5.41, 5.74) is 2.06. The van der Waals surface area contributed by atoms with E-state index in [0.717, 1.165) is 23.0 Å². The van der Waals surface area contributed by atoms with E-state index in [-0.39, 0.29) is 0 Å². The van der Waals surface area contributed by atoms with Crippen LogP contribution in [0.1, 0.15) is 31.7 Å². The molecule has 0 amide bonds. The Hall–Kier alpha value is -1.10. The van der Waals surface area contributed by atoms with Crippen LogP contribution in [-0.4, -0.2) is 24.8 Å². The van der Waals surface area contributed by atoms with Crippen LogP contribution in [0.15, 0.2) is 11.2 Å². The second-order valence-electron chi connectivity index (χ2n) is 3.98. The van der Waals surface area contributed by atoms with Gasteiger partial charge in [-0.2, -0.15) is 4.98 Å². The molecule has 0 N–H and O–H groups in total. The van der Waals surface area contributed by atoms with E-state index in [0.29, 0.717) is 11.0 Å². The molecule has 0 saturated carbocycles. The van der Waals surface area contributed by atoms with Gasteiger partial charge in [-0.1, -0.05) is 25.6 Å². The van der Waals surface area contributed by atoms with Crippen LogP contribution in [-0.2, 0) is 0 Å². The summed E-state index contributed by atoms with van der Waals surface area (Å²) in [4.78, 5) is 8.79. The lowest BCUT2D eigenvalue weighted by molar-refractivity contribution is 0.834. The number of aromatic nitrogens is 4. The molecule has 2 heterocycles. The molecule has 1 atom stereocenters. The molecular weight excluding hydrogens is 220 g/mol. The highest BCUT2D eigenvalue weighted by Gasteiger charge is 2.10. The van der Waals surface area contributed by atoms with Crippen molar-refractivity contribution in [1.82, 2.24) is 19.6 Å². The Bertz CT molecular complexity index is 506. The number of nitrogens with zero attached hydrogens (tertiary/aromatic N) is 4. The molecular formula is C11H16N4S. The summed E-state index contributed by atoms with van der Waals surface area (Å²) >= 11 is 1.70. The van der Waals surface area contributed by atoms with Crippen molar-refractivity contribution in [2.24, 2.45) is 0 Å². The van der Waals surface area contributed by atoms with Crippen molar-refractivity contribution < 1.29 is 0 Å². The molecule has 0 spiro atoms. The molecule has 0 aromatic carbocycles. The second kappa shape index (κ2) is 4.41. The van der Waals surface area contributed by atoms with Crippen LogP contribution in [0.4, 0.5) is 0 Å². The van der Waals surface area contributed by atoms with Gasteiger partial charge in [0, 0.05) is 16.6 Å². The Morgan fingerprint density at radius 3 is 2.81 bits per heavy atom. The molecule has 0 aliphatic carbocycles. The maximum absolute atomic E-state index is 4.45. The van der Waals surface area contributed by atoms with E-state index in [2.05, 4.69) is 28.9 Å². The van der Waals surface area contributed by atoms with Gasteiger partial charge in [-0.15, -0.1) is 5.10 Å². The predicted molar refractivity (Wildman–Crippen MR) is 65.9 cm³/mol. The lowest BCUT2D eigenvalue weighted by atomic mass is 10.4. The van der Waals surface area contributed by atoms with E-state index in [1.165, 1.54) is 0 Å². The van der Waals surface area contributed by atoms with E-state index in [4.69, 9.17) is 0 Å². The fraction of sp³-hybridized carbons (Fsp3) is 0.545. The van der Waals surface area contributed by atoms with Crippen LogP contribution < -0.4 is 0 Å². The van der Waals surface area contributed by atoms with E-state index < -0.39 is 0 Å². The second-order valence-corrected chi connectivity index (χ2v) is 5.39. The van der Waals surface area contributed by atoms with E-state index in [9.17, 15) is 0 Å². The maximum atomic E-state index is 4.45. The van der Waals surface area contributed by atoms with Crippen LogP contribution >= 0.6 is 11.8 Å². The Morgan fingerprint density at radius 2 is 2.12 bits per heavy atom. The van der Waals surface area contributed by atoms with E-state index >= 15 is 0 Å². The van der Waals surface area contributed by atoms with Crippen molar-refractivity contribution in [2.75, 3.05) is 0 Å². The average molecular weight is 236 g/mol. The van der Waals surface area contributed by atoms with Gasteiger partial charge in [-0.3, -0.25) is 0 Å². The normalized spacial score (nSPS) is 13.2. The molecule has 0 saturated heterocycles. The minimum absolute atomic E-state index is 0.541. The first-order valence-corrected chi connectivity index (χ1v) is 6.35. The predicted octanol–water partition coefficient (Wildman–Crippen LogP) is 2.63. The minimum atomic E-state index is 0.541. The summed E-state index contributed by atoms with van der Waals surface area (Å²) in [5.74, 6) is 0.698. The first-order valence-electron chi connectivity index (χ1n) is 5.48. The third-order valence-corrected chi connectivity index (χ3v) is 3.60. The molecule has 0 aliphatic heterocycles. The van der Waals surface area contributed by atoms with Gasteiger partial charge in [-0.25, -0.2) is 9.50 Å². The fourth-order valence-electron chi connectivity index (χ4n) is 1.46. The van der Waals surface area contributed by atoms with Crippen molar-refractivity contribution in [2.45, 2.75) is 44.5 Å².